The maximum atomic E-state index is 5.02. The molecule has 0 N–H and O–H groups in total. The number of ether oxygens (including phenoxy) is 1. The smallest absolute Gasteiger partial charge is 0.0589 e. The van der Waals surface area contributed by atoms with Gasteiger partial charge in [-0.1, -0.05) is 20.8 Å². The molecule has 0 amide bonds. The summed E-state index contributed by atoms with van der Waals surface area (Å²) in [6.07, 6.45) is 0. The molecule has 0 bridgehead atoms. The molecule has 1 rings (SSSR count). The van der Waals surface area contributed by atoms with Crippen LogP contribution in [0.1, 0.15) is 20.8 Å². The fraction of sp³-hybridized carbons (Fsp3) is 1.00. The first kappa shape index (κ1) is 14.9. The van der Waals surface area contributed by atoms with Crippen LogP contribution < -0.4 is 0 Å². The van der Waals surface area contributed by atoms with Gasteiger partial charge in [-0.2, -0.15) is 0 Å². The van der Waals surface area contributed by atoms with Crippen LogP contribution in [0.3, 0.4) is 0 Å². The van der Waals surface area contributed by atoms with Gasteiger partial charge in [0.25, 0.3) is 0 Å². The molecule has 1 aliphatic rings. The van der Waals surface area contributed by atoms with Gasteiger partial charge in [0.2, 0.25) is 0 Å². The zero-order valence-corrected chi connectivity index (χ0v) is 11.1. The molecule has 0 aromatic carbocycles. The lowest BCUT2D eigenvalue weighted by Crippen LogP contribution is -2.48. The molecule has 92 valence electrons. The lowest BCUT2D eigenvalue weighted by molar-refractivity contribution is 0.0927. The van der Waals surface area contributed by atoms with Gasteiger partial charge >= 0.3 is 0 Å². The van der Waals surface area contributed by atoms with Crippen LogP contribution in [-0.2, 0) is 4.74 Å². The van der Waals surface area contributed by atoms with Gasteiger partial charge in [-0.05, 0) is 13.0 Å². The van der Waals surface area contributed by atoms with Crippen molar-refractivity contribution >= 4 is 0 Å². The summed E-state index contributed by atoms with van der Waals surface area (Å²) in [5.41, 5.74) is 0. The Morgan fingerprint density at radius 3 is 2.33 bits per heavy atom. The van der Waals surface area contributed by atoms with E-state index in [2.05, 4.69) is 23.8 Å². The van der Waals surface area contributed by atoms with Crippen molar-refractivity contribution in [1.82, 2.24) is 9.80 Å². The van der Waals surface area contributed by atoms with Crippen LogP contribution >= 0.6 is 0 Å². The van der Waals surface area contributed by atoms with E-state index >= 15 is 0 Å². The number of hydrogen-bond acceptors (Lipinski definition) is 3. The Hall–Kier alpha value is -0.120. The van der Waals surface area contributed by atoms with Gasteiger partial charge in [-0.3, -0.25) is 0 Å². The summed E-state index contributed by atoms with van der Waals surface area (Å²) in [5.74, 6) is 0.921. The van der Waals surface area contributed by atoms with Crippen molar-refractivity contribution in [1.29, 1.82) is 0 Å². The third kappa shape index (κ3) is 6.88. The number of likely N-dealkylation sites (N-methyl/N-ethyl adjacent to an activating group) is 1. The third-order valence-electron chi connectivity index (χ3n) is 2.61. The van der Waals surface area contributed by atoms with E-state index in [-0.39, 0.29) is 0 Å². The Kier molecular flexibility index (Phi) is 9.06. The molecule has 1 fully saturated rings. The Morgan fingerprint density at radius 1 is 1.27 bits per heavy atom. The molecular formula is C12H28N2O. The zero-order valence-electron chi connectivity index (χ0n) is 11.1. The first-order valence-corrected chi connectivity index (χ1v) is 6.12. The van der Waals surface area contributed by atoms with E-state index in [0.29, 0.717) is 0 Å². The number of rotatable bonds is 6. The number of nitrogens with zero attached hydrogens (tertiary/aromatic N) is 2. The molecule has 0 aromatic rings. The summed E-state index contributed by atoms with van der Waals surface area (Å²) < 4.78 is 5.02. The predicted molar refractivity (Wildman–Crippen MR) is 66.3 cm³/mol. The molecule has 0 aromatic heterocycles. The van der Waals surface area contributed by atoms with E-state index in [1.807, 2.05) is 13.8 Å². The molecule has 0 atom stereocenters. The van der Waals surface area contributed by atoms with Crippen molar-refractivity contribution in [3.63, 3.8) is 0 Å². The van der Waals surface area contributed by atoms with Gasteiger partial charge in [-0.25, -0.2) is 0 Å². The fourth-order valence-corrected chi connectivity index (χ4v) is 1.68. The monoisotopic (exact) mass is 216 g/mol. The Balaban J connectivity index is 0.000000921. The minimum atomic E-state index is 0.840. The zero-order chi connectivity index (χ0) is 11.7. The molecule has 0 spiro atoms. The maximum absolute atomic E-state index is 5.02. The molecule has 1 aliphatic heterocycles. The normalized spacial score (nSPS) is 17.2. The second kappa shape index (κ2) is 9.13. The highest BCUT2D eigenvalue weighted by atomic mass is 16.5. The summed E-state index contributed by atoms with van der Waals surface area (Å²) in [5, 5.41) is 0. The van der Waals surface area contributed by atoms with Crippen molar-refractivity contribution in [3.8, 4) is 0 Å². The average Bonchev–Trinajstić information content (AvgIpc) is 2.22. The molecular weight excluding hydrogens is 188 g/mol. The summed E-state index contributed by atoms with van der Waals surface area (Å²) in [6.45, 7) is 13.1. The van der Waals surface area contributed by atoms with Crippen LogP contribution in [0.5, 0.6) is 0 Å². The first-order valence-electron chi connectivity index (χ1n) is 6.12. The van der Waals surface area contributed by atoms with Crippen LogP contribution in [0.2, 0.25) is 0 Å². The van der Waals surface area contributed by atoms with E-state index in [0.717, 1.165) is 25.6 Å². The number of likely N-dealkylation sites (tertiary alicyclic amines) is 1. The largest absolute Gasteiger partial charge is 0.383 e. The van der Waals surface area contributed by atoms with Crippen LogP contribution in [0.15, 0.2) is 0 Å². The van der Waals surface area contributed by atoms with Crippen molar-refractivity contribution in [3.05, 3.63) is 0 Å². The highest BCUT2D eigenvalue weighted by molar-refractivity contribution is 4.76. The maximum Gasteiger partial charge on any atom is 0.0589 e. The van der Waals surface area contributed by atoms with Crippen molar-refractivity contribution < 1.29 is 4.74 Å². The van der Waals surface area contributed by atoms with Gasteiger partial charge in [-0.15, -0.1) is 0 Å². The van der Waals surface area contributed by atoms with E-state index in [1.165, 1.54) is 19.6 Å². The highest BCUT2D eigenvalue weighted by Crippen LogP contribution is 2.12. The predicted octanol–water partition coefficient (Wildman–Crippen LogP) is 1.54. The van der Waals surface area contributed by atoms with Crippen LogP contribution in [-0.4, -0.2) is 63.3 Å². The number of hydrogen-bond donors (Lipinski definition) is 0. The summed E-state index contributed by atoms with van der Waals surface area (Å²) in [6, 6.07) is 0. The van der Waals surface area contributed by atoms with Gasteiger partial charge in [0.05, 0.1) is 6.61 Å². The standard InChI is InChI=1S/C10H22N2O.C2H6/c1-10-8-12(9-10)5-4-11(2)6-7-13-3;1-2/h10H,4-9H2,1-3H3;1-2H3. The van der Waals surface area contributed by atoms with E-state index < -0.39 is 0 Å². The highest BCUT2D eigenvalue weighted by Gasteiger charge is 2.21. The minimum Gasteiger partial charge on any atom is -0.383 e. The van der Waals surface area contributed by atoms with Crippen molar-refractivity contribution in [2.45, 2.75) is 20.8 Å². The van der Waals surface area contributed by atoms with E-state index in [1.54, 1.807) is 7.11 Å². The van der Waals surface area contributed by atoms with E-state index in [4.69, 9.17) is 4.74 Å². The molecule has 0 aliphatic carbocycles. The van der Waals surface area contributed by atoms with Crippen molar-refractivity contribution in [2.75, 3.05) is 53.5 Å². The minimum absolute atomic E-state index is 0.840. The Bertz CT molecular complexity index is 136. The van der Waals surface area contributed by atoms with Gasteiger partial charge in [0.15, 0.2) is 0 Å². The Morgan fingerprint density at radius 2 is 1.87 bits per heavy atom. The lowest BCUT2D eigenvalue weighted by atomic mass is 10.0. The van der Waals surface area contributed by atoms with Crippen molar-refractivity contribution in [2.24, 2.45) is 5.92 Å². The molecule has 0 saturated carbocycles. The van der Waals surface area contributed by atoms with E-state index in [9.17, 15) is 0 Å². The lowest BCUT2D eigenvalue weighted by Gasteiger charge is -2.38. The summed E-state index contributed by atoms with van der Waals surface area (Å²) >= 11 is 0. The average molecular weight is 216 g/mol. The molecule has 1 heterocycles. The van der Waals surface area contributed by atoms with Crippen LogP contribution in [0, 0.1) is 5.92 Å². The summed E-state index contributed by atoms with van der Waals surface area (Å²) in [4.78, 5) is 4.83. The summed E-state index contributed by atoms with van der Waals surface area (Å²) in [7, 11) is 3.91. The molecule has 0 unspecified atom stereocenters. The van der Waals surface area contributed by atoms with Crippen LogP contribution in [0.4, 0.5) is 0 Å². The first-order chi connectivity index (χ1) is 7.22. The molecule has 3 heteroatoms. The molecule has 1 saturated heterocycles. The molecule has 3 nitrogen and oxygen atoms in total. The topological polar surface area (TPSA) is 15.7 Å². The Labute approximate surface area is 95.4 Å². The third-order valence-corrected chi connectivity index (χ3v) is 2.61. The quantitative estimate of drug-likeness (QED) is 0.670. The van der Waals surface area contributed by atoms with Gasteiger partial charge < -0.3 is 14.5 Å². The molecule has 15 heavy (non-hydrogen) atoms. The number of methoxy groups -OCH3 is 1. The fourth-order valence-electron chi connectivity index (χ4n) is 1.68. The van der Waals surface area contributed by atoms with Crippen LogP contribution in [0.25, 0.3) is 0 Å². The second-order valence-corrected chi connectivity index (χ2v) is 4.16. The second-order valence-electron chi connectivity index (χ2n) is 4.16. The SMILES string of the molecule is CC.COCCN(C)CCN1CC(C)C1. The van der Waals surface area contributed by atoms with Gasteiger partial charge in [0.1, 0.15) is 0 Å². The molecule has 0 radical (unpaired) electrons. The van der Waals surface area contributed by atoms with Gasteiger partial charge in [0, 0.05) is 39.8 Å².